The Labute approximate surface area is 79.2 Å². The lowest BCUT2D eigenvalue weighted by molar-refractivity contribution is -0.0401. The van der Waals surface area contributed by atoms with Gasteiger partial charge >= 0.3 is 6.03 Å². The van der Waals surface area contributed by atoms with Gasteiger partial charge in [-0.25, -0.2) is 18.0 Å². The maximum Gasteiger partial charge on any atom is 0.317 e. The number of amides is 2. The fraction of sp³-hybridized carbons (Fsp3) is 0.857. The van der Waals surface area contributed by atoms with E-state index in [0.29, 0.717) is 24.4 Å². The Morgan fingerprint density at radius 3 is 2.50 bits per heavy atom. The Morgan fingerprint density at radius 2 is 2.14 bits per heavy atom. The van der Waals surface area contributed by atoms with Crippen molar-refractivity contribution in [2.75, 3.05) is 13.1 Å². The topological polar surface area (TPSA) is 58.4 Å². The van der Waals surface area contributed by atoms with Crippen molar-refractivity contribution < 1.29 is 18.0 Å². The van der Waals surface area contributed by atoms with Crippen molar-refractivity contribution in [1.82, 2.24) is 10.2 Å². The number of rotatable bonds is 3. The molecule has 4 nitrogen and oxygen atoms in total. The molecule has 0 radical (unpaired) electrons. The SMILES string of the molecule is NC(=O)N(C1CCNC1)C(F)C(F)F. The summed E-state index contributed by atoms with van der Waals surface area (Å²) < 4.78 is 37.0. The highest BCUT2D eigenvalue weighted by Crippen LogP contribution is 2.18. The highest BCUT2D eigenvalue weighted by atomic mass is 19.3. The molecule has 1 aliphatic heterocycles. The van der Waals surface area contributed by atoms with Crippen LogP contribution in [0.5, 0.6) is 0 Å². The van der Waals surface area contributed by atoms with Crippen LogP contribution in [0.3, 0.4) is 0 Å². The third-order valence-electron chi connectivity index (χ3n) is 2.16. The molecular weight excluding hydrogens is 199 g/mol. The Kier molecular flexibility index (Phi) is 3.56. The molecule has 1 fully saturated rings. The van der Waals surface area contributed by atoms with Crippen molar-refractivity contribution in [2.45, 2.75) is 25.2 Å². The number of urea groups is 1. The molecule has 0 saturated carbocycles. The van der Waals surface area contributed by atoms with E-state index in [1.807, 2.05) is 0 Å². The molecule has 0 aromatic rings. The lowest BCUT2D eigenvalue weighted by atomic mass is 10.2. The second kappa shape index (κ2) is 4.50. The number of carbonyl (C=O) groups is 1. The maximum atomic E-state index is 12.9. The largest absolute Gasteiger partial charge is 0.351 e. The van der Waals surface area contributed by atoms with E-state index in [1.165, 1.54) is 0 Å². The zero-order valence-electron chi connectivity index (χ0n) is 7.42. The Bertz CT molecular complexity index is 206. The summed E-state index contributed by atoms with van der Waals surface area (Å²) >= 11 is 0. The van der Waals surface area contributed by atoms with E-state index in [2.05, 4.69) is 5.32 Å². The molecule has 7 heteroatoms. The first kappa shape index (κ1) is 11.1. The molecule has 0 aromatic carbocycles. The van der Waals surface area contributed by atoms with E-state index in [9.17, 15) is 18.0 Å². The van der Waals surface area contributed by atoms with Crippen LogP contribution in [-0.4, -0.2) is 42.8 Å². The standard InChI is InChI=1S/C7H12F3N3O/c8-5(9)6(10)13(7(11)14)4-1-2-12-3-4/h4-6,12H,1-3H2,(H2,11,14). The summed E-state index contributed by atoms with van der Waals surface area (Å²) in [6.07, 6.45) is -5.39. The van der Waals surface area contributed by atoms with Crippen molar-refractivity contribution >= 4 is 6.03 Å². The van der Waals surface area contributed by atoms with E-state index in [1.54, 1.807) is 0 Å². The van der Waals surface area contributed by atoms with E-state index < -0.39 is 24.8 Å². The van der Waals surface area contributed by atoms with Crippen LogP contribution in [0.2, 0.25) is 0 Å². The molecule has 1 aliphatic rings. The van der Waals surface area contributed by atoms with E-state index >= 15 is 0 Å². The van der Waals surface area contributed by atoms with Gasteiger partial charge in [-0.2, -0.15) is 0 Å². The molecule has 0 spiro atoms. The number of alkyl halides is 3. The molecule has 0 aromatic heterocycles. The number of nitrogens with one attached hydrogen (secondary N) is 1. The fourth-order valence-electron chi connectivity index (χ4n) is 1.50. The summed E-state index contributed by atoms with van der Waals surface area (Å²) in [5.74, 6) is 0. The van der Waals surface area contributed by atoms with Gasteiger partial charge in [0.25, 0.3) is 6.43 Å². The van der Waals surface area contributed by atoms with Crippen LogP contribution in [0.25, 0.3) is 0 Å². The molecule has 2 unspecified atom stereocenters. The van der Waals surface area contributed by atoms with E-state index in [4.69, 9.17) is 5.73 Å². The molecule has 0 bridgehead atoms. The van der Waals surface area contributed by atoms with Crippen molar-refractivity contribution in [1.29, 1.82) is 0 Å². The molecular formula is C7H12F3N3O. The Hall–Kier alpha value is -0.980. The van der Waals surface area contributed by atoms with Crippen molar-refractivity contribution in [3.05, 3.63) is 0 Å². The van der Waals surface area contributed by atoms with Crippen LogP contribution < -0.4 is 11.1 Å². The highest BCUT2D eigenvalue weighted by Gasteiger charge is 2.36. The van der Waals surface area contributed by atoms with Crippen LogP contribution in [0.15, 0.2) is 0 Å². The maximum absolute atomic E-state index is 12.9. The van der Waals surface area contributed by atoms with Gasteiger partial charge in [-0.1, -0.05) is 0 Å². The average Bonchev–Trinajstić information content (AvgIpc) is 2.56. The van der Waals surface area contributed by atoms with Crippen molar-refractivity contribution in [2.24, 2.45) is 5.73 Å². The molecule has 0 aliphatic carbocycles. The van der Waals surface area contributed by atoms with E-state index in [-0.39, 0.29) is 0 Å². The van der Waals surface area contributed by atoms with Gasteiger partial charge in [-0.05, 0) is 13.0 Å². The smallest absolute Gasteiger partial charge is 0.317 e. The van der Waals surface area contributed by atoms with Crippen LogP contribution in [0, 0.1) is 0 Å². The van der Waals surface area contributed by atoms with Crippen LogP contribution in [-0.2, 0) is 0 Å². The number of hydrogen-bond donors (Lipinski definition) is 2. The first-order chi connectivity index (χ1) is 6.54. The summed E-state index contributed by atoms with van der Waals surface area (Å²) in [4.78, 5) is 11.2. The molecule has 1 saturated heterocycles. The van der Waals surface area contributed by atoms with Crippen LogP contribution in [0.1, 0.15) is 6.42 Å². The zero-order chi connectivity index (χ0) is 10.7. The van der Waals surface area contributed by atoms with Gasteiger partial charge in [0.2, 0.25) is 6.30 Å². The number of nitrogens with two attached hydrogens (primary N) is 1. The zero-order valence-corrected chi connectivity index (χ0v) is 7.42. The first-order valence-corrected chi connectivity index (χ1v) is 4.24. The molecule has 14 heavy (non-hydrogen) atoms. The van der Waals surface area contributed by atoms with Gasteiger partial charge in [0.05, 0.1) is 6.04 Å². The number of halogens is 3. The second-order valence-corrected chi connectivity index (χ2v) is 3.10. The summed E-state index contributed by atoms with van der Waals surface area (Å²) in [5.41, 5.74) is 4.84. The first-order valence-electron chi connectivity index (χ1n) is 4.24. The normalized spacial score (nSPS) is 23.9. The second-order valence-electron chi connectivity index (χ2n) is 3.10. The van der Waals surface area contributed by atoms with Gasteiger partial charge in [0.1, 0.15) is 0 Å². The lowest BCUT2D eigenvalue weighted by Gasteiger charge is -2.29. The number of nitrogens with zero attached hydrogens (tertiary/aromatic N) is 1. The molecule has 3 N–H and O–H groups in total. The molecule has 82 valence electrons. The number of carbonyl (C=O) groups excluding carboxylic acids is 1. The summed E-state index contributed by atoms with van der Waals surface area (Å²) in [6, 6.07) is -1.72. The quantitative estimate of drug-likeness (QED) is 0.659. The summed E-state index contributed by atoms with van der Waals surface area (Å²) in [7, 11) is 0. The third kappa shape index (κ3) is 2.28. The predicted octanol–water partition coefficient (Wildman–Crippen LogP) is 0.290. The number of primary amides is 1. The van der Waals surface area contributed by atoms with Gasteiger partial charge in [0.15, 0.2) is 0 Å². The van der Waals surface area contributed by atoms with Gasteiger partial charge in [-0.15, -0.1) is 0 Å². The minimum Gasteiger partial charge on any atom is -0.351 e. The fourth-order valence-corrected chi connectivity index (χ4v) is 1.50. The minimum absolute atomic E-state index is 0.302. The average molecular weight is 211 g/mol. The molecule has 1 rings (SSSR count). The number of hydrogen-bond acceptors (Lipinski definition) is 2. The van der Waals surface area contributed by atoms with Crippen molar-refractivity contribution in [3.63, 3.8) is 0 Å². The van der Waals surface area contributed by atoms with Gasteiger partial charge < -0.3 is 11.1 Å². The Balaban J connectivity index is 2.67. The van der Waals surface area contributed by atoms with Crippen molar-refractivity contribution in [3.8, 4) is 0 Å². The van der Waals surface area contributed by atoms with Gasteiger partial charge in [-0.3, -0.25) is 4.90 Å². The van der Waals surface area contributed by atoms with Crippen LogP contribution in [0.4, 0.5) is 18.0 Å². The summed E-state index contributed by atoms with van der Waals surface area (Å²) in [6.45, 7) is 0.875. The van der Waals surface area contributed by atoms with Crippen LogP contribution >= 0.6 is 0 Å². The summed E-state index contributed by atoms with van der Waals surface area (Å²) in [5, 5.41) is 2.84. The molecule has 1 heterocycles. The molecule has 2 atom stereocenters. The highest BCUT2D eigenvalue weighted by molar-refractivity contribution is 5.72. The minimum atomic E-state index is -3.22. The third-order valence-corrected chi connectivity index (χ3v) is 2.16. The monoisotopic (exact) mass is 211 g/mol. The van der Waals surface area contributed by atoms with Gasteiger partial charge in [0, 0.05) is 6.54 Å². The Morgan fingerprint density at radius 1 is 1.50 bits per heavy atom. The lowest BCUT2D eigenvalue weighted by Crippen LogP contribution is -2.51. The molecule has 2 amide bonds. The predicted molar refractivity (Wildman–Crippen MR) is 43.6 cm³/mol. The van der Waals surface area contributed by atoms with E-state index in [0.717, 1.165) is 0 Å².